The largest absolute Gasteiger partial charge is 0.459 e. The van der Waals surface area contributed by atoms with Crippen LogP contribution in [0.15, 0.2) is 101 Å². The number of anilines is 1. The highest BCUT2D eigenvalue weighted by Gasteiger charge is 2.13. The predicted molar refractivity (Wildman–Crippen MR) is 127 cm³/mol. The highest BCUT2D eigenvalue weighted by molar-refractivity contribution is 8.13. The van der Waals surface area contributed by atoms with Crippen LogP contribution in [0.1, 0.15) is 16.1 Å². The maximum Gasteiger partial charge on any atom is 0.339 e. The Labute approximate surface area is 188 Å². The van der Waals surface area contributed by atoms with E-state index < -0.39 is 11.9 Å². The van der Waals surface area contributed by atoms with Crippen LogP contribution in [0.25, 0.3) is 10.8 Å². The minimum atomic E-state index is -0.522. The number of rotatable bonds is 5. The zero-order chi connectivity index (χ0) is 22.2. The van der Waals surface area contributed by atoms with Crippen LogP contribution in [-0.2, 0) is 5.75 Å². The van der Waals surface area contributed by atoms with Gasteiger partial charge in [-0.15, -0.1) is 5.10 Å². The molecule has 4 rings (SSSR count). The zero-order valence-electron chi connectivity index (χ0n) is 16.9. The molecule has 0 saturated carbocycles. The molecule has 32 heavy (non-hydrogen) atoms. The van der Waals surface area contributed by atoms with Crippen molar-refractivity contribution in [3.8, 4) is 0 Å². The first-order valence-corrected chi connectivity index (χ1v) is 10.8. The third-order valence-electron chi connectivity index (χ3n) is 4.48. The SMILES string of the molecule is O=C(N/N=C(\NC(=O)c1ccco1)SCc1ccccc1)Nc1cccc2ccccc12. The Morgan fingerprint density at radius 3 is 2.47 bits per heavy atom. The zero-order valence-corrected chi connectivity index (χ0v) is 17.8. The molecule has 0 aliphatic carbocycles. The van der Waals surface area contributed by atoms with Gasteiger partial charge in [-0.25, -0.2) is 10.2 Å². The van der Waals surface area contributed by atoms with Crippen LogP contribution in [0, 0.1) is 0 Å². The summed E-state index contributed by atoms with van der Waals surface area (Å²) in [6, 6.07) is 25.8. The van der Waals surface area contributed by atoms with Gasteiger partial charge in [0.2, 0.25) is 0 Å². The summed E-state index contributed by atoms with van der Waals surface area (Å²) in [6.07, 6.45) is 1.42. The second-order valence-electron chi connectivity index (χ2n) is 6.72. The molecular weight excluding hydrogens is 424 g/mol. The van der Waals surface area contributed by atoms with Crippen molar-refractivity contribution in [1.82, 2.24) is 10.7 Å². The van der Waals surface area contributed by atoms with Gasteiger partial charge < -0.3 is 9.73 Å². The molecule has 160 valence electrons. The average Bonchev–Trinajstić information content (AvgIpc) is 3.37. The summed E-state index contributed by atoms with van der Waals surface area (Å²) in [5.74, 6) is 0.258. The summed E-state index contributed by atoms with van der Waals surface area (Å²) in [5.41, 5.74) is 4.17. The van der Waals surface area contributed by atoms with Crippen molar-refractivity contribution in [3.63, 3.8) is 0 Å². The van der Waals surface area contributed by atoms with Crippen molar-refractivity contribution in [2.75, 3.05) is 5.32 Å². The fourth-order valence-electron chi connectivity index (χ4n) is 2.97. The van der Waals surface area contributed by atoms with E-state index in [4.69, 9.17) is 4.42 Å². The molecule has 3 N–H and O–H groups in total. The molecule has 7 nitrogen and oxygen atoms in total. The highest BCUT2D eigenvalue weighted by Crippen LogP contribution is 2.22. The fourth-order valence-corrected chi connectivity index (χ4v) is 3.75. The molecular formula is C24H20N4O3S. The standard InChI is InChI=1S/C24H20N4O3S/c29-22(21-14-7-15-31-21)26-24(32-16-17-8-2-1-3-9-17)28-27-23(30)25-20-13-6-11-18-10-4-5-12-19(18)20/h1-15H,16H2,(H2,25,27,30)(H,26,28,29). The van der Waals surface area contributed by atoms with E-state index in [0.717, 1.165) is 16.3 Å². The fraction of sp³-hybridized carbons (Fsp3) is 0.0417. The smallest absolute Gasteiger partial charge is 0.339 e. The third-order valence-corrected chi connectivity index (χ3v) is 5.43. The van der Waals surface area contributed by atoms with Gasteiger partial charge in [0.1, 0.15) is 0 Å². The number of carbonyl (C=O) groups is 2. The van der Waals surface area contributed by atoms with Gasteiger partial charge in [0.25, 0.3) is 5.91 Å². The maximum absolute atomic E-state index is 12.5. The molecule has 3 aromatic carbocycles. The first kappa shape index (κ1) is 21.2. The van der Waals surface area contributed by atoms with E-state index in [1.54, 1.807) is 12.1 Å². The van der Waals surface area contributed by atoms with Crippen LogP contribution in [0.3, 0.4) is 0 Å². The van der Waals surface area contributed by atoms with Gasteiger partial charge in [0.05, 0.1) is 12.0 Å². The Morgan fingerprint density at radius 2 is 1.66 bits per heavy atom. The summed E-state index contributed by atoms with van der Waals surface area (Å²) in [7, 11) is 0. The Kier molecular flexibility index (Phi) is 6.84. The molecule has 0 spiro atoms. The lowest BCUT2D eigenvalue weighted by atomic mass is 10.1. The maximum atomic E-state index is 12.5. The predicted octanol–water partition coefficient (Wildman–Crippen LogP) is 5.19. The number of amides is 3. The second-order valence-corrected chi connectivity index (χ2v) is 7.68. The number of nitrogens with one attached hydrogen (secondary N) is 3. The molecule has 4 aromatic rings. The van der Waals surface area contributed by atoms with E-state index in [9.17, 15) is 9.59 Å². The number of hydrogen-bond acceptors (Lipinski definition) is 5. The van der Waals surface area contributed by atoms with Gasteiger partial charge in [-0.1, -0.05) is 78.5 Å². The summed E-state index contributed by atoms with van der Waals surface area (Å²) in [4.78, 5) is 24.9. The molecule has 0 fully saturated rings. The number of amidine groups is 1. The molecule has 0 aliphatic rings. The highest BCUT2D eigenvalue weighted by atomic mass is 32.2. The average molecular weight is 445 g/mol. The molecule has 0 unspecified atom stereocenters. The third kappa shape index (κ3) is 5.55. The van der Waals surface area contributed by atoms with Crippen LogP contribution < -0.4 is 16.1 Å². The number of benzene rings is 3. The number of nitrogens with zero attached hydrogens (tertiary/aromatic N) is 1. The van der Waals surface area contributed by atoms with E-state index >= 15 is 0 Å². The normalized spacial score (nSPS) is 11.2. The van der Waals surface area contributed by atoms with Gasteiger partial charge in [-0.05, 0) is 29.1 Å². The van der Waals surface area contributed by atoms with Crippen LogP contribution in [0.2, 0.25) is 0 Å². The molecule has 0 radical (unpaired) electrons. The van der Waals surface area contributed by atoms with Gasteiger partial charge in [-0.2, -0.15) is 0 Å². The summed E-state index contributed by atoms with van der Waals surface area (Å²) >= 11 is 1.28. The van der Waals surface area contributed by atoms with E-state index in [0.29, 0.717) is 11.4 Å². The Hall–Kier alpha value is -4.04. The summed E-state index contributed by atoms with van der Waals surface area (Å²) < 4.78 is 5.13. The molecule has 0 atom stereocenters. The number of fused-ring (bicyclic) bond motifs is 1. The Balaban J connectivity index is 1.45. The van der Waals surface area contributed by atoms with Gasteiger partial charge >= 0.3 is 6.03 Å². The van der Waals surface area contributed by atoms with Crippen molar-refractivity contribution in [2.45, 2.75) is 5.75 Å². The van der Waals surface area contributed by atoms with E-state index in [2.05, 4.69) is 21.2 Å². The molecule has 1 aromatic heterocycles. The molecule has 3 amide bonds. The number of carbonyl (C=O) groups excluding carboxylic acids is 2. The minimum Gasteiger partial charge on any atom is -0.459 e. The van der Waals surface area contributed by atoms with Crippen LogP contribution >= 0.6 is 11.8 Å². The number of hydrogen-bond donors (Lipinski definition) is 3. The lowest BCUT2D eigenvalue weighted by molar-refractivity contribution is 0.0950. The first-order valence-electron chi connectivity index (χ1n) is 9.83. The van der Waals surface area contributed by atoms with Gasteiger partial charge in [-0.3, -0.25) is 10.1 Å². The van der Waals surface area contributed by atoms with Crippen molar-refractivity contribution < 1.29 is 14.0 Å². The molecule has 0 aliphatic heterocycles. The monoisotopic (exact) mass is 444 g/mol. The topological polar surface area (TPSA) is 95.7 Å². The Bertz CT molecular complexity index is 1240. The molecule has 0 saturated heterocycles. The quantitative estimate of drug-likeness (QED) is 0.224. The van der Waals surface area contributed by atoms with Crippen molar-refractivity contribution in [2.24, 2.45) is 5.10 Å². The number of furan rings is 1. The first-order chi connectivity index (χ1) is 15.7. The van der Waals surface area contributed by atoms with Crippen molar-refractivity contribution >= 4 is 45.3 Å². The molecule has 8 heteroatoms. The van der Waals surface area contributed by atoms with Gasteiger partial charge in [0.15, 0.2) is 10.9 Å². The lowest BCUT2D eigenvalue weighted by Gasteiger charge is -2.10. The minimum absolute atomic E-state index is 0.151. The number of hydrazone groups is 1. The lowest BCUT2D eigenvalue weighted by Crippen LogP contribution is -2.32. The molecule has 1 heterocycles. The van der Waals surface area contributed by atoms with Crippen molar-refractivity contribution in [1.29, 1.82) is 0 Å². The second kappa shape index (κ2) is 10.3. The molecule has 0 bridgehead atoms. The van der Waals surface area contributed by atoms with Crippen LogP contribution in [0.4, 0.5) is 10.5 Å². The number of urea groups is 1. The van der Waals surface area contributed by atoms with E-state index in [1.165, 1.54) is 18.0 Å². The van der Waals surface area contributed by atoms with E-state index in [-0.39, 0.29) is 10.9 Å². The van der Waals surface area contributed by atoms with Crippen molar-refractivity contribution in [3.05, 3.63) is 103 Å². The Morgan fingerprint density at radius 1 is 0.875 bits per heavy atom. The van der Waals surface area contributed by atoms with Crippen LogP contribution in [0.5, 0.6) is 0 Å². The van der Waals surface area contributed by atoms with Gasteiger partial charge in [0, 0.05) is 11.1 Å². The summed E-state index contributed by atoms with van der Waals surface area (Å²) in [6.45, 7) is 0. The summed E-state index contributed by atoms with van der Waals surface area (Å²) in [5, 5.41) is 11.7. The van der Waals surface area contributed by atoms with Crippen LogP contribution in [-0.4, -0.2) is 17.1 Å². The number of thioether (sulfide) groups is 1. The van der Waals surface area contributed by atoms with E-state index in [1.807, 2.05) is 72.8 Å².